The molecule has 0 amide bonds. The summed E-state index contributed by atoms with van der Waals surface area (Å²) in [4.78, 5) is 29.6. The molecule has 11 nitrogen and oxygen atoms in total. The van der Waals surface area contributed by atoms with Crippen molar-refractivity contribution in [2.45, 2.75) is 161 Å². The van der Waals surface area contributed by atoms with Crippen LogP contribution in [-0.2, 0) is 36.6 Å². The summed E-state index contributed by atoms with van der Waals surface area (Å²) in [6.45, 7) is 12.1. The SMILES string of the molecule is CCc1c[nH]cc1CC[C@]12CC[C@H](O[C@@H]3O[C@H](C(=O)O)[C@@H](O)[C@H](O)[C@H]3O)C(C)(C)[C@@H]1CC[C@@]1(C)[C@@]34CC=C[C@@]21CC=C3[C@@]12C=CC[C@@](C)(C[C@H](COC)[C@]1(C(=O)O)CC4)C2. The predicted molar refractivity (Wildman–Crippen MR) is 223 cm³/mol. The molecule has 6 N–H and O–H groups in total. The van der Waals surface area contributed by atoms with Crippen LogP contribution in [0, 0.1) is 55.2 Å². The summed E-state index contributed by atoms with van der Waals surface area (Å²) in [6, 6.07) is 0. The number of aliphatic hydroxyl groups excluding tert-OH is 3. The Balaban J connectivity index is 1.17. The highest BCUT2D eigenvalue weighted by Crippen LogP contribution is 2.85. The van der Waals surface area contributed by atoms with Gasteiger partial charge in [-0.3, -0.25) is 4.79 Å². The van der Waals surface area contributed by atoms with E-state index in [1.54, 1.807) is 7.11 Å². The first-order chi connectivity index (χ1) is 28.4. The molecule has 4 bridgehead atoms. The molecule has 1 aliphatic heterocycles. The van der Waals surface area contributed by atoms with Crippen LogP contribution in [0.2, 0.25) is 0 Å². The number of hydrogen-bond acceptors (Lipinski definition) is 8. The average molecular weight is 832 g/mol. The summed E-state index contributed by atoms with van der Waals surface area (Å²) in [5.41, 5.74) is 1.22. The van der Waals surface area contributed by atoms with Gasteiger partial charge in [0.05, 0.1) is 18.1 Å². The standard InChI is InChI=1S/C49H69NO10/c1-7-29-25-50-26-30(29)10-19-46-20-13-34(59-40-37(53)35(51)36(52)38(60-40)39(54)55)42(2,3)32(46)11-18-44(5)45-15-9-17-48(44,46)21-12-33(45)47-16-8-14-43(4,28-47)24-31(27-58-6)49(47,23-22-45)41(56)57/h8-9,12,16-17,25-26,31-32,34-38,40,50-53H,7,10-11,13-15,18-24,27-28H2,1-6H3,(H,54,55)(H,56,57)/t31-,32+,34+,35+,36+,37-,38+,40-,43+,44+,45-,46+,47+,48+,49+/m1/s1. The molecule has 2 spiro atoms. The summed E-state index contributed by atoms with van der Waals surface area (Å²) in [7, 11) is 1.72. The topological polar surface area (TPSA) is 179 Å². The van der Waals surface area contributed by atoms with Crippen LogP contribution in [0.4, 0.5) is 0 Å². The van der Waals surface area contributed by atoms with Gasteiger partial charge in [0.15, 0.2) is 12.4 Å². The van der Waals surface area contributed by atoms with Crippen molar-refractivity contribution in [2.24, 2.45) is 55.2 Å². The van der Waals surface area contributed by atoms with E-state index < -0.39 is 65.0 Å². The largest absolute Gasteiger partial charge is 0.481 e. The third kappa shape index (κ3) is 5.22. The number of aromatic nitrogens is 1. The smallest absolute Gasteiger partial charge is 0.335 e. The summed E-state index contributed by atoms with van der Waals surface area (Å²) in [6.07, 6.45) is 20.0. The van der Waals surface area contributed by atoms with Crippen LogP contribution >= 0.6 is 0 Å². The van der Waals surface area contributed by atoms with E-state index in [0.717, 1.165) is 77.0 Å². The fourth-order valence-electron chi connectivity index (χ4n) is 17.0. The molecule has 7 aliphatic carbocycles. The maximum atomic E-state index is 14.1. The molecule has 11 heteroatoms. The zero-order valence-electron chi connectivity index (χ0n) is 36.5. The molecule has 330 valence electrons. The number of H-pyrrole nitrogens is 1. The third-order valence-corrected chi connectivity index (χ3v) is 19.5. The number of aliphatic hydroxyl groups is 3. The number of nitrogens with one attached hydrogen (secondary N) is 1. The quantitative estimate of drug-likeness (QED) is 0.105. The lowest BCUT2D eigenvalue weighted by atomic mass is 9.24. The van der Waals surface area contributed by atoms with E-state index in [1.165, 1.54) is 16.7 Å². The molecule has 1 saturated heterocycles. The lowest BCUT2D eigenvalue weighted by Gasteiger charge is -2.79. The van der Waals surface area contributed by atoms with E-state index >= 15 is 0 Å². The van der Waals surface area contributed by atoms with Crippen molar-refractivity contribution in [1.29, 1.82) is 0 Å². The summed E-state index contributed by atoms with van der Waals surface area (Å²) < 4.78 is 18.3. The summed E-state index contributed by atoms with van der Waals surface area (Å²) in [5, 5.41) is 53.6. The maximum absolute atomic E-state index is 14.1. The van der Waals surface area contributed by atoms with E-state index in [9.17, 15) is 35.1 Å². The highest BCUT2D eigenvalue weighted by atomic mass is 16.7. The Morgan fingerprint density at radius 3 is 2.37 bits per heavy atom. The Hall–Kier alpha value is -2.80. The fraction of sp³-hybridized carbons (Fsp3) is 0.755. The fourth-order valence-corrected chi connectivity index (χ4v) is 17.0. The van der Waals surface area contributed by atoms with Gasteiger partial charge in [-0.25, -0.2) is 4.79 Å². The lowest BCUT2D eigenvalue weighted by molar-refractivity contribution is -0.329. The second-order valence-electron chi connectivity index (χ2n) is 21.8. The third-order valence-electron chi connectivity index (χ3n) is 19.5. The molecule has 0 unspecified atom stereocenters. The number of carboxylic acid groups (broad SMARTS) is 2. The molecule has 0 radical (unpaired) electrons. The number of ether oxygens (including phenoxy) is 3. The van der Waals surface area contributed by atoms with Crippen molar-refractivity contribution in [3.05, 3.63) is 59.5 Å². The molecule has 8 aliphatic rings. The maximum Gasteiger partial charge on any atom is 0.335 e. The van der Waals surface area contributed by atoms with Gasteiger partial charge in [0.25, 0.3) is 0 Å². The van der Waals surface area contributed by atoms with Gasteiger partial charge < -0.3 is 44.7 Å². The van der Waals surface area contributed by atoms with Crippen molar-refractivity contribution in [3.8, 4) is 0 Å². The van der Waals surface area contributed by atoms with Crippen LogP contribution in [0.1, 0.15) is 123 Å². The zero-order chi connectivity index (χ0) is 42.9. The predicted octanol–water partition coefficient (Wildman–Crippen LogP) is 7.15. The Morgan fingerprint density at radius 1 is 0.900 bits per heavy atom. The number of carboxylic acids is 2. The molecule has 9 rings (SSSR count). The van der Waals surface area contributed by atoms with E-state index in [4.69, 9.17) is 14.2 Å². The van der Waals surface area contributed by atoms with E-state index in [2.05, 4.69) is 82.4 Å². The van der Waals surface area contributed by atoms with Crippen molar-refractivity contribution < 1.29 is 49.3 Å². The first-order valence-corrected chi connectivity index (χ1v) is 22.9. The molecular weight excluding hydrogens is 763 g/mol. The van der Waals surface area contributed by atoms with Crippen LogP contribution in [0.25, 0.3) is 0 Å². The second kappa shape index (κ2) is 14.1. The molecule has 1 aromatic heterocycles. The molecule has 15 atom stereocenters. The summed E-state index contributed by atoms with van der Waals surface area (Å²) in [5.74, 6) is -2.02. The number of aryl methyl sites for hydroxylation is 2. The number of rotatable bonds is 10. The van der Waals surface area contributed by atoms with Gasteiger partial charge in [0.1, 0.15) is 18.3 Å². The molecular formula is C49H69NO10. The van der Waals surface area contributed by atoms with Gasteiger partial charge in [0.2, 0.25) is 0 Å². The van der Waals surface area contributed by atoms with Crippen LogP contribution in [0.5, 0.6) is 0 Å². The number of carbonyl (C=O) groups is 2. The molecule has 5 fully saturated rings. The van der Waals surface area contributed by atoms with E-state index in [-0.39, 0.29) is 38.9 Å². The van der Waals surface area contributed by atoms with Crippen LogP contribution in [0.15, 0.2) is 48.3 Å². The number of hydrogen-bond donors (Lipinski definition) is 6. The highest BCUT2D eigenvalue weighted by Gasteiger charge is 2.80. The lowest BCUT2D eigenvalue weighted by Crippen LogP contribution is -2.74. The minimum atomic E-state index is -1.78. The Kier molecular flexibility index (Phi) is 9.99. The van der Waals surface area contributed by atoms with Gasteiger partial charge in [-0.2, -0.15) is 0 Å². The Bertz CT molecular complexity index is 1990. The van der Waals surface area contributed by atoms with Crippen LogP contribution in [-0.4, -0.2) is 93.0 Å². The normalized spacial score (nSPS) is 48.5. The average Bonchev–Trinajstić information content (AvgIpc) is 3.65. The number of fused-ring (bicyclic) bond motifs is 2. The van der Waals surface area contributed by atoms with Crippen molar-refractivity contribution in [2.75, 3.05) is 13.7 Å². The Morgan fingerprint density at radius 2 is 1.65 bits per heavy atom. The van der Waals surface area contributed by atoms with Crippen molar-refractivity contribution in [1.82, 2.24) is 4.98 Å². The molecule has 0 aromatic carbocycles. The van der Waals surface area contributed by atoms with Gasteiger partial charge in [-0.1, -0.05) is 70.6 Å². The minimum Gasteiger partial charge on any atom is -0.481 e. The molecule has 2 heterocycles. The molecule has 4 saturated carbocycles. The summed E-state index contributed by atoms with van der Waals surface area (Å²) >= 11 is 0. The van der Waals surface area contributed by atoms with Gasteiger partial charge in [-0.15, -0.1) is 0 Å². The van der Waals surface area contributed by atoms with Gasteiger partial charge >= 0.3 is 11.9 Å². The van der Waals surface area contributed by atoms with Crippen molar-refractivity contribution in [3.63, 3.8) is 0 Å². The van der Waals surface area contributed by atoms with Crippen molar-refractivity contribution >= 4 is 11.9 Å². The second-order valence-corrected chi connectivity index (χ2v) is 21.8. The molecule has 60 heavy (non-hydrogen) atoms. The first-order valence-electron chi connectivity index (χ1n) is 22.9. The van der Waals surface area contributed by atoms with E-state index in [0.29, 0.717) is 19.4 Å². The number of aromatic amines is 1. The van der Waals surface area contributed by atoms with Gasteiger partial charge in [-0.05, 0) is 129 Å². The minimum absolute atomic E-state index is 0.0146. The zero-order valence-corrected chi connectivity index (χ0v) is 36.5. The van der Waals surface area contributed by atoms with Gasteiger partial charge in [0, 0.05) is 41.7 Å². The number of allylic oxidation sites excluding steroid dienone is 6. The molecule has 1 aromatic rings. The van der Waals surface area contributed by atoms with Crippen LogP contribution < -0.4 is 0 Å². The number of aliphatic carboxylic acids is 2. The van der Waals surface area contributed by atoms with Crippen LogP contribution in [0.3, 0.4) is 0 Å². The monoisotopic (exact) mass is 831 g/mol. The number of methoxy groups -OCH3 is 1. The van der Waals surface area contributed by atoms with E-state index in [1.807, 2.05) is 0 Å². The first kappa shape index (κ1) is 42.5. The highest BCUT2D eigenvalue weighted by molar-refractivity contribution is 5.80. The Labute approximate surface area is 355 Å².